The van der Waals surface area contributed by atoms with E-state index in [1.807, 2.05) is 31.4 Å². The number of methoxy groups -OCH3 is 1. The van der Waals surface area contributed by atoms with Gasteiger partial charge in [0.2, 0.25) is 0 Å². The third-order valence-corrected chi connectivity index (χ3v) is 5.08. The van der Waals surface area contributed by atoms with Crippen LogP contribution in [0.5, 0.6) is 11.5 Å². The average Bonchev–Trinajstić information content (AvgIpc) is 2.93. The monoisotopic (exact) mass is 414 g/mol. The van der Waals surface area contributed by atoms with Crippen molar-refractivity contribution in [2.45, 2.75) is 19.4 Å². The summed E-state index contributed by atoms with van der Waals surface area (Å²) in [6.45, 7) is 3.03. The number of hydrogen-bond donors (Lipinski definition) is 2. The summed E-state index contributed by atoms with van der Waals surface area (Å²) >= 11 is 5.33. The van der Waals surface area contributed by atoms with Crippen LogP contribution in [0.2, 0.25) is 0 Å². The molecule has 1 aromatic heterocycles. The fraction of sp³-hybridized carbons (Fsp3) is 0.350. The number of carbonyl (C=O) groups excluding carboxylic acids is 1. The molecule has 0 saturated heterocycles. The van der Waals surface area contributed by atoms with Gasteiger partial charge in [-0.2, -0.15) is 5.10 Å². The number of thiocarbonyl (C=S) groups is 1. The average molecular weight is 414 g/mol. The number of aryl methyl sites for hydroxylation is 1. The van der Waals surface area contributed by atoms with Crippen molar-refractivity contribution >= 4 is 23.3 Å². The molecule has 0 unspecified atom stereocenters. The molecule has 0 radical (unpaired) electrons. The van der Waals surface area contributed by atoms with Gasteiger partial charge in [0, 0.05) is 36.5 Å². The highest BCUT2D eigenvalue weighted by Gasteiger charge is 2.33. The first-order valence-electron chi connectivity index (χ1n) is 9.28. The van der Waals surface area contributed by atoms with Gasteiger partial charge in [0.05, 0.1) is 37.6 Å². The minimum atomic E-state index is -0.490. The van der Waals surface area contributed by atoms with E-state index in [-0.39, 0.29) is 0 Å². The summed E-state index contributed by atoms with van der Waals surface area (Å²) in [5.74, 6) is 0.977. The minimum Gasteiger partial charge on any atom is -0.490 e. The Kier molecular flexibility index (Phi) is 5.14. The molecule has 0 bridgehead atoms. The molecule has 8 nitrogen and oxygen atoms in total. The lowest BCUT2D eigenvalue weighted by molar-refractivity contribution is -0.136. The number of fused-ring (bicyclic) bond motifs is 1. The van der Waals surface area contributed by atoms with Crippen LogP contribution in [0.1, 0.15) is 24.9 Å². The van der Waals surface area contributed by atoms with E-state index >= 15 is 0 Å². The van der Waals surface area contributed by atoms with Crippen molar-refractivity contribution in [2.24, 2.45) is 7.05 Å². The Hall–Kier alpha value is -3.07. The topological polar surface area (TPSA) is 86.6 Å². The van der Waals surface area contributed by atoms with Crippen LogP contribution < -0.4 is 20.1 Å². The first-order valence-corrected chi connectivity index (χ1v) is 9.69. The molecule has 0 amide bonds. The van der Waals surface area contributed by atoms with Gasteiger partial charge >= 0.3 is 5.97 Å². The molecule has 2 aliphatic heterocycles. The molecular formula is C20H22N4O4S. The Bertz CT molecular complexity index is 1010. The highest BCUT2D eigenvalue weighted by atomic mass is 32.1. The standard InChI is InChI=1S/C20H22N4O4S/c1-11-16(19(25)26-3)18(22-20(29)21-11)13-10-24(2)23-17(13)12-5-6-14-15(9-12)28-8-4-7-27-14/h5-6,9-10,18H,4,7-8H2,1-3H3,(H2,21,22,29)/t18-/m0/s1. The number of hydrogen-bond acceptors (Lipinski definition) is 6. The zero-order chi connectivity index (χ0) is 20.5. The van der Waals surface area contributed by atoms with Crippen LogP contribution in [0.25, 0.3) is 11.3 Å². The smallest absolute Gasteiger partial charge is 0.337 e. The molecule has 0 spiro atoms. The molecule has 9 heteroatoms. The molecule has 1 aromatic carbocycles. The van der Waals surface area contributed by atoms with Crippen LogP contribution in [-0.4, -0.2) is 41.2 Å². The second kappa shape index (κ2) is 7.75. The number of nitrogens with one attached hydrogen (secondary N) is 2. The Labute approximate surface area is 173 Å². The van der Waals surface area contributed by atoms with Gasteiger partial charge in [-0.3, -0.25) is 4.68 Å². The highest BCUT2D eigenvalue weighted by Crippen LogP contribution is 2.38. The van der Waals surface area contributed by atoms with E-state index in [1.165, 1.54) is 7.11 Å². The van der Waals surface area contributed by atoms with E-state index in [2.05, 4.69) is 15.7 Å². The molecule has 2 aromatic rings. The Morgan fingerprint density at radius 2 is 2.07 bits per heavy atom. The summed E-state index contributed by atoms with van der Waals surface area (Å²) in [6, 6.07) is 5.25. The summed E-state index contributed by atoms with van der Waals surface area (Å²) < 4.78 is 18.3. The van der Waals surface area contributed by atoms with Crippen LogP contribution in [0, 0.1) is 0 Å². The van der Waals surface area contributed by atoms with Crippen LogP contribution in [0.4, 0.5) is 0 Å². The van der Waals surface area contributed by atoms with Crippen LogP contribution in [0.15, 0.2) is 35.7 Å². The molecule has 2 N–H and O–H groups in total. The van der Waals surface area contributed by atoms with Crippen LogP contribution in [-0.2, 0) is 16.6 Å². The van der Waals surface area contributed by atoms with Crippen molar-refractivity contribution in [3.8, 4) is 22.8 Å². The highest BCUT2D eigenvalue weighted by molar-refractivity contribution is 7.80. The molecule has 29 heavy (non-hydrogen) atoms. The zero-order valence-corrected chi connectivity index (χ0v) is 17.3. The van der Waals surface area contributed by atoms with E-state index in [1.54, 1.807) is 11.6 Å². The second-order valence-corrected chi connectivity index (χ2v) is 7.29. The molecule has 1 atom stereocenters. The zero-order valence-electron chi connectivity index (χ0n) is 16.4. The molecule has 2 aliphatic rings. The lowest BCUT2D eigenvalue weighted by atomic mass is 9.94. The summed E-state index contributed by atoms with van der Waals surface area (Å²) in [5.41, 5.74) is 3.51. The predicted molar refractivity (Wildman–Crippen MR) is 111 cm³/mol. The van der Waals surface area contributed by atoms with Gasteiger partial charge in [0.15, 0.2) is 16.6 Å². The number of esters is 1. The number of ether oxygens (including phenoxy) is 3. The van der Waals surface area contributed by atoms with Crippen molar-refractivity contribution in [1.29, 1.82) is 0 Å². The van der Waals surface area contributed by atoms with E-state index in [4.69, 9.17) is 26.4 Å². The summed E-state index contributed by atoms with van der Waals surface area (Å²) in [4.78, 5) is 12.5. The molecular weight excluding hydrogens is 392 g/mol. The summed E-state index contributed by atoms with van der Waals surface area (Å²) in [7, 11) is 3.20. The molecule has 152 valence electrons. The fourth-order valence-corrected chi connectivity index (χ4v) is 3.83. The molecule has 0 saturated carbocycles. The normalized spacial score (nSPS) is 18.6. The Balaban J connectivity index is 1.81. The fourth-order valence-electron chi connectivity index (χ4n) is 3.56. The van der Waals surface area contributed by atoms with Crippen molar-refractivity contribution in [2.75, 3.05) is 20.3 Å². The maximum Gasteiger partial charge on any atom is 0.337 e. The third kappa shape index (κ3) is 3.65. The molecule has 3 heterocycles. The number of nitrogens with zero attached hydrogens (tertiary/aromatic N) is 2. The number of aromatic nitrogens is 2. The first kappa shape index (κ1) is 19.3. The minimum absolute atomic E-state index is 0.427. The quantitative estimate of drug-likeness (QED) is 0.584. The summed E-state index contributed by atoms with van der Waals surface area (Å²) in [6.07, 6.45) is 2.71. The largest absolute Gasteiger partial charge is 0.490 e. The maximum absolute atomic E-state index is 12.5. The Morgan fingerprint density at radius 1 is 1.31 bits per heavy atom. The van der Waals surface area contributed by atoms with Crippen LogP contribution >= 0.6 is 12.2 Å². The lowest BCUT2D eigenvalue weighted by Crippen LogP contribution is -2.45. The van der Waals surface area contributed by atoms with Crippen molar-refractivity contribution in [1.82, 2.24) is 20.4 Å². The van der Waals surface area contributed by atoms with Crippen molar-refractivity contribution < 1.29 is 19.0 Å². The van der Waals surface area contributed by atoms with E-state index < -0.39 is 12.0 Å². The van der Waals surface area contributed by atoms with Gasteiger partial charge in [-0.1, -0.05) is 0 Å². The number of benzene rings is 1. The van der Waals surface area contributed by atoms with Crippen molar-refractivity contribution in [3.63, 3.8) is 0 Å². The number of carbonyl (C=O) groups is 1. The van der Waals surface area contributed by atoms with Crippen molar-refractivity contribution in [3.05, 3.63) is 41.2 Å². The number of rotatable bonds is 3. The summed E-state index contributed by atoms with van der Waals surface area (Å²) in [5, 5.41) is 11.2. The third-order valence-electron chi connectivity index (χ3n) is 4.86. The van der Waals surface area contributed by atoms with E-state index in [0.717, 1.165) is 29.0 Å². The van der Waals surface area contributed by atoms with Gasteiger partial charge in [-0.15, -0.1) is 0 Å². The molecule has 4 rings (SSSR count). The van der Waals surface area contributed by atoms with Gasteiger partial charge < -0.3 is 24.8 Å². The Morgan fingerprint density at radius 3 is 2.83 bits per heavy atom. The van der Waals surface area contributed by atoms with E-state index in [0.29, 0.717) is 35.3 Å². The second-order valence-electron chi connectivity index (χ2n) is 6.88. The van der Waals surface area contributed by atoms with E-state index in [9.17, 15) is 4.79 Å². The number of allylic oxidation sites excluding steroid dienone is 1. The van der Waals surface area contributed by atoms with Gasteiger partial charge in [0.25, 0.3) is 0 Å². The van der Waals surface area contributed by atoms with Gasteiger partial charge in [-0.05, 0) is 37.3 Å². The first-order chi connectivity index (χ1) is 14.0. The molecule has 0 fully saturated rings. The maximum atomic E-state index is 12.5. The molecule has 0 aliphatic carbocycles. The van der Waals surface area contributed by atoms with Crippen LogP contribution in [0.3, 0.4) is 0 Å². The van der Waals surface area contributed by atoms with Gasteiger partial charge in [0.1, 0.15) is 0 Å². The lowest BCUT2D eigenvalue weighted by Gasteiger charge is -2.29. The predicted octanol–water partition coefficient (Wildman–Crippen LogP) is 2.21. The SMILES string of the molecule is COC(=O)C1=C(C)NC(=S)N[C@H]1c1cn(C)nc1-c1ccc2c(c1)OCCCO2. The van der Waals surface area contributed by atoms with Gasteiger partial charge in [-0.25, -0.2) is 4.79 Å².